The van der Waals surface area contributed by atoms with E-state index in [9.17, 15) is 4.39 Å². The molecule has 0 bridgehead atoms. The lowest BCUT2D eigenvalue weighted by atomic mass is 10.3. The highest BCUT2D eigenvalue weighted by Crippen LogP contribution is 2.09. The van der Waals surface area contributed by atoms with Crippen molar-refractivity contribution in [1.82, 2.24) is 14.8 Å². The van der Waals surface area contributed by atoms with Gasteiger partial charge < -0.3 is 5.32 Å². The van der Waals surface area contributed by atoms with Crippen LogP contribution in [-0.2, 0) is 6.54 Å². The molecule has 0 unspecified atom stereocenters. The normalized spacial score (nSPS) is 10.4. The fourth-order valence-corrected chi connectivity index (χ4v) is 1.84. The van der Waals surface area contributed by atoms with Crippen LogP contribution in [0.25, 0.3) is 5.69 Å². The molecule has 1 aromatic carbocycles. The first kappa shape index (κ1) is 12.3. The number of hydrogen-bond acceptors (Lipinski definition) is 3. The minimum absolute atomic E-state index is 0.344. The Morgan fingerprint density at radius 1 is 1.05 bits per heavy atom. The van der Waals surface area contributed by atoms with Crippen molar-refractivity contribution < 1.29 is 4.39 Å². The second-order valence-corrected chi connectivity index (χ2v) is 4.30. The highest BCUT2D eigenvalue weighted by Gasteiger charge is 2.01. The first-order valence-electron chi connectivity index (χ1n) is 6.27. The molecule has 0 atom stereocenters. The molecule has 0 aliphatic rings. The van der Waals surface area contributed by atoms with Crippen LogP contribution >= 0.6 is 0 Å². The van der Waals surface area contributed by atoms with Crippen molar-refractivity contribution in [3.63, 3.8) is 0 Å². The molecule has 4 nitrogen and oxygen atoms in total. The van der Waals surface area contributed by atoms with Gasteiger partial charge in [-0.1, -0.05) is 18.2 Å². The summed E-state index contributed by atoms with van der Waals surface area (Å²) in [5.74, 6) is 0.282. The first-order valence-corrected chi connectivity index (χ1v) is 6.27. The molecule has 3 aromatic rings. The van der Waals surface area contributed by atoms with E-state index in [1.807, 2.05) is 47.3 Å². The van der Waals surface area contributed by atoms with Crippen molar-refractivity contribution >= 4 is 5.82 Å². The minimum Gasteiger partial charge on any atom is -0.364 e. The molecule has 0 aliphatic carbocycles. The number of para-hydroxylation sites is 1. The highest BCUT2D eigenvalue weighted by molar-refractivity contribution is 5.35. The van der Waals surface area contributed by atoms with Crippen LogP contribution in [0.15, 0.2) is 60.9 Å². The summed E-state index contributed by atoms with van der Waals surface area (Å²) in [6.07, 6.45) is 3.09. The number of aromatic nitrogens is 3. The third-order valence-electron chi connectivity index (χ3n) is 2.84. The first-order chi connectivity index (χ1) is 9.81. The number of nitrogens with one attached hydrogen (secondary N) is 1. The van der Waals surface area contributed by atoms with Crippen LogP contribution in [0.1, 0.15) is 5.69 Å². The van der Waals surface area contributed by atoms with Crippen molar-refractivity contribution in [2.45, 2.75) is 6.54 Å². The average Bonchev–Trinajstić information content (AvgIpc) is 2.97. The van der Waals surface area contributed by atoms with Crippen molar-refractivity contribution in [2.75, 3.05) is 5.32 Å². The Kier molecular flexibility index (Phi) is 3.41. The predicted octanol–water partition coefficient (Wildman–Crippen LogP) is 3.02. The molecule has 0 saturated carbocycles. The van der Waals surface area contributed by atoms with Gasteiger partial charge in [0.25, 0.3) is 0 Å². The van der Waals surface area contributed by atoms with Gasteiger partial charge in [0.05, 0.1) is 24.1 Å². The average molecular weight is 268 g/mol. The Morgan fingerprint density at radius 2 is 1.90 bits per heavy atom. The number of halogens is 1. The van der Waals surface area contributed by atoms with Crippen LogP contribution in [0, 0.1) is 5.82 Å². The van der Waals surface area contributed by atoms with E-state index in [1.54, 1.807) is 6.07 Å². The fraction of sp³-hybridized carbons (Fsp3) is 0.0667. The van der Waals surface area contributed by atoms with Gasteiger partial charge in [-0.15, -0.1) is 0 Å². The van der Waals surface area contributed by atoms with Crippen molar-refractivity contribution in [1.29, 1.82) is 0 Å². The van der Waals surface area contributed by atoms with E-state index >= 15 is 0 Å². The summed E-state index contributed by atoms with van der Waals surface area (Å²) in [4.78, 5) is 3.94. The summed E-state index contributed by atoms with van der Waals surface area (Å²) >= 11 is 0. The molecule has 0 aliphatic heterocycles. The molecule has 2 heterocycles. The van der Waals surface area contributed by atoms with E-state index in [-0.39, 0.29) is 5.82 Å². The summed E-state index contributed by atoms with van der Waals surface area (Å²) in [6.45, 7) is 0.540. The smallest absolute Gasteiger partial charge is 0.141 e. The summed E-state index contributed by atoms with van der Waals surface area (Å²) in [6, 6.07) is 14.8. The third-order valence-corrected chi connectivity index (χ3v) is 2.84. The Bertz CT molecular complexity index is 677. The molecule has 0 amide bonds. The lowest BCUT2D eigenvalue weighted by Gasteiger charge is -2.03. The lowest BCUT2D eigenvalue weighted by molar-refractivity contribution is 0.621. The Labute approximate surface area is 115 Å². The van der Waals surface area contributed by atoms with Crippen molar-refractivity contribution in [3.8, 4) is 5.69 Å². The maximum Gasteiger partial charge on any atom is 0.141 e. The maximum atomic E-state index is 12.7. The maximum absolute atomic E-state index is 12.7. The molecule has 2 aromatic heterocycles. The SMILES string of the molecule is Fc1ccc(NCc2ccn(-c3ccccc3)n2)nc1. The fourth-order valence-electron chi connectivity index (χ4n) is 1.84. The zero-order valence-electron chi connectivity index (χ0n) is 10.7. The number of rotatable bonds is 4. The monoisotopic (exact) mass is 268 g/mol. The van der Waals surface area contributed by atoms with E-state index < -0.39 is 0 Å². The Morgan fingerprint density at radius 3 is 2.65 bits per heavy atom. The molecule has 0 radical (unpaired) electrons. The molecular weight excluding hydrogens is 255 g/mol. The van der Waals surface area contributed by atoms with E-state index in [0.717, 1.165) is 11.4 Å². The van der Waals surface area contributed by atoms with Crippen LogP contribution < -0.4 is 5.32 Å². The number of benzene rings is 1. The molecule has 1 N–H and O–H groups in total. The van der Waals surface area contributed by atoms with E-state index in [1.165, 1.54) is 12.3 Å². The summed E-state index contributed by atoms with van der Waals surface area (Å²) in [7, 11) is 0. The van der Waals surface area contributed by atoms with Crippen LogP contribution in [0.3, 0.4) is 0 Å². The quantitative estimate of drug-likeness (QED) is 0.791. The zero-order valence-corrected chi connectivity index (χ0v) is 10.7. The molecule has 3 rings (SSSR count). The largest absolute Gasteiger partial charge is 0.364 e. The second kappa shape index (κ2) is 5.52. The van der Waals surface area contributed by atoms with Gasteiger partial charge in [-0.05, 0) is 30.3 Å². The molecule has 0 spiro atoms. The number of anilines is 1. The van der Waals surface area contributed by atoms with Crippen LogP contribution in [0.5, 0.6) is 0 Å². The molecule has 100 valence electrons. The zero-order chi connectivity index (χ0) is 13.8. The number of hydrogen-bond donors (Lipinski definition) is 1. The minimum atomic E-state index is -0.344. The van der Waals surface area contributed by atoms with Gasteiger partial charge in [0.2, 0.25) is 0 Å². The van der Waals surface area contributed by atoms with E-state index in [0.29, 0.717) is 12.4 Å². The number of pyridine rings is 1. The molecule has 20 heavy (non-hydrogen) atoms. The molecule has 0 fully saturated rings. The van der Waals surface area contributed by atoms with Crippen LogP contribution in [-0.4, -0.2) is 14.8 Å². The molecular formula is C15H13FN4. The van der Waals surface area contributed by atoms with Crippen LogP contribution in [0.2, 0.25) is 0 Å². The molecule has 0 saturated heterocycles. The third kappa shape index (κ3) is 2.83. The highest BCUT2D eigenvalue weighted by atomic mass is 19.1. The topological polar surface area (TPSA) is 42.7 Å². The Balaban J connectivity index is 1.67. The van der Waals surface area contributed by atoms with E-state index in [2.05, 4.69) is 15.4 Å². The standard InChI is InChI=1S/C15H13FN4/c16-12-6-7-15(17-10-12)18-11-13-8-9-20(19-13)14-4-2-1-3-5-14/h1-10H,11H2,(H,17,18). The van der Waals surface area contributed by atoms with Crippen LogP contribution in [0.4, 0.5) is 10.2 Å². The van der Waals surface area contributed by atoms with Gasteiger partial charge in [-0.3, -0.25) is 0 Å². The summed E-state index contributed by atoms with van der Waals surface area (Å²) in [5, 5.41) is 7.56. The van der Waals surface area contributed by atoms with Gasteiger partial charge in [0.15, 0.2) is 0 Å². The second-order valence-electron chi connectivity index (χ2n) is 4.30. The van der Waals surface area contributed by atoms with Crippen molar-refractivity contribution in [3.05, 3.63) is 72.4 Å². The lowest BCUT2D eigenvalue weighted by Crippen LogP contribution is -2.03. The van der Waals surface area contributed by atoms with Gasteiger partial charge in [0.1, 0.15) is 11.6 Å². The van der Waals surface area contributed by atoms with Gasteiger partial charge in [-0.25, -0.2) is 14.1 Å². The van der Waals surface area contributed by atoms with Gasteiger partial charge >= 0.3 is 0 Å². The number of nitrogens with zero attached hydrogens (tertiary/aromatic N) is 3. The summed E-state index contributed by atoms with van der Waals surface area (Å²) < 4.78 is 14.5. The Hall–Kier alpha value is -2.69. The van der Waals surface area contributed by atoms with Gasteiger partial charge in [-0.2, -0.15) is 5.10 Å². The predicted molar refractivity (Wildman–Crippen MR) is 75.1 cm³/mol. The molecule has 5 heteroatoms. The van der Waals surface area contributed by atoms with Gasteiger partial charge in [0, 0.05) is 6.20 Å². The summed E-state index contributed by atoms with van der Waals surface area (Å²) in [5.41, 5.74) is 1.90. The van der Waals surface area contributed by atoms with E-state index in [4.69, 9.17) is 0 Å². The van der Waals surface area contributed by atoms with Crippen molar-refractivity contribution in [2.24, 2.45) is 0 Å².